The van der Waals surface area contributed by atoms with Crippen molar-refractivity contribution in [2.24, 2.45) is 5.73 Å². The Bertz CT molecular complexity index is 1740. The number of aromatic nitrogens is 1. The van der Waals surface area contributed by atoms with Crippen molar-refractivity contribution in [3.63, 3.8) is 0 Å². The molecule has 0 radical (unpaired) electrons. The van der Waals surface area contributed by atoms with Crippen LogP contribution >= 0.6 is 23.2 Å². The van der Waals surface area contributed by atoms with Crippen LogP contribution in [0.15, 0.2) is 66.0 Å². The molecule has 0 saturated carbocycles. The summed E-state index contributed by atoms with van der Waals surface area (Å²) in [7, 11) is 1.53. The first kappa shape index (κ1) is 27.2. The van der Waals surface area contributed by atoms with Gasteiger partial charge in [-0.05, 0) is 61.2 Å². The number of alkyl halides is 1. The van der Waals surface area contributed by atoms with Crippen molar-refractivity contribution in [1.82, 2.24) is 9.88 Å². The number of fused-ring (bicyclic) bond motifs is 4. The fourth-order valence-electron chi connectivity index (χ4n) is 6.30. The highest BCUT2D eigenvalue weighted by Crippen LogP contribution is 2.56. The molecule has 2 unspecified atom stereocenters. The molecule has 2 aliphatic heterocycles. The van der Waals surface area contributed by atoms with Gasteiger partial charge in [-0.2, -0.15) is 0 Å². The summed E-state index contributed by atoms with van der Waals surface area (Å²) in [4.78, 5) is 42.6. The van der Waals surface area contributed by atoms with Crippen molar-refractivity contribution in [3.8, 4) is 11.4 Å². The van der Waals surface area contributed by atoms with Gasteiger partial charge in [0.2, 0.25) is 5.91 Å². The number of anilines is 1. The number of nitrogens with zero attached hydrogens (tertiary/aromatic N) is 2. The van der Waals surface area contributed by atoms with Crippen LogP contribution in [-0.4, -0.2) is 34.8 Å². The van der Waals surface area contributed by atoms with Gasteiger partial charge in [-0.25, -0.2) is 0 Å². The van der Waals surface area contributed by atoms with Crippen LogP contribution in [0.4, 0.5) is 5.69 Å². The molecule has 1 aliphatic carbocycles. The average molecular weight is 591 g/mol. The standard InChI is InChI=1S/C31H28Cl2N4O4/c1-15(2)27-26-20(14-36(27)24-11-17(28(34)38)6-10-25(24)41-4)29(39)37(23-13-19(33)7-5-16(23)3)31(26)21-9-8-18(32)12-22(21)35-30(31)40/h5-7,9-15,18H,8H2,1-4H3,(H2,34,38)(H,35,40). The topological polar surface area (TPSA) is 107 Å². The molecule has 1 saturated heterocycles. The maximum absolute atomic E-state index is 14.6. The summed E-state index contributed by atoms with van der Waals surface area (Å²) in [5.74, 6) is -0.974. The molecule has 6 rings (SSSR count). The summed E-state index contributed by atoms with van der Waals surface area (Å²) in [6, 6.07) is 10.2. The number of nitrogens with one attached hydrogen (secondary N) is 1. The van der Waals surface area contributed by atoms with Crippen molar-refractivity contribution >= 4 is 46.6 Å². The Balaban J connectivity index is 1.72. The van der Waals surface area contributed by atoms with Crippen molar-refractivity contribution in [2.45, 2.75) is 44.0 Å². The van der Waals surface area contributed by atoms with Crippen LogP contribution in [0.5, 0.6) is 5.75 Å². The lowest BCUT2D eigenvalue weighted by molar-refractivity contribution is -0.122. The molecule has 1 aromatic heterocycles. The number of primary amides is 1. The Kier molecular flexibility index (Phi) is 6.32. The van der Waals surface area contributed by atoms with E-state index in [1.54, 1.807) is 41.4 Å². The molecule has 3 aromatic rings. The maximum Gasteiger partial charge on any atom is 0.261 e. The third-order valence-electron chi connectivity index (χ3n) is 8.01. The van der Waals surface area contributed by atoms with Crippen LogP contribution in [0.25, 0.3) is 5.69 Å². The monoisotopic (exact) mass is 590 g/mol. The van der Waals surface area contributed by atoms with E-state index in [0.717, 1.165) is 11.3 Å². The van der Waals surface area contributed by atoms with Gasteiger partial charge in [0.05, 0.1) is 29.4 Å². The minimum Gasteiger partial charge on any atom is -0.495 e. The van der Waals surface area contributed by atoms with Gasteiger partial charge in [0.1, 0.15) is 5.75 Å². The molecule has 10 heteroatoms. The number of amides is 3. The number of rotatable bonds is 5. The fraction of sp³-hybridized carbons (Fsp3) is 0.258. The Labute approximate surface area is 247 Å². The highest BCUT2D eigenvalue weighted by molar-refractivity contribution is 6.31. The molecule has 1 fully saturated rings. The zero-order chi connectivity index (χ0) is 29.4. The summed E-state index contributed by atoms with van der Waals surface area (Å²) in [5, 5.41) is 3.17. The van der Waals surface area contributed by atoms with Crippen molar-refractivity contribution in [2.75, 3.05) is 12.0 Å². The van der Waals surface area contributed by atoms with E-state index in [9.17, 15) is 14.4 Å². The van der Waals surface area contributed by atoms with E-state index in [0.29, 0.717) is 51.0 Å². The number of carbonyl (C=O) groups is 3. The summed E-state index contributed by atoms with van der Waals surface area (Å²) in [6.45, 7) is 5.87. The predicted octanol–water partition coefficient (Wildman–Crippen LogP) is 5.48. The number of ether oxygens (including phenoxy) is 1. The zero-order valence-corrected chi connectivity index (χ0v) is 24.4. The molecule has 2 aromatic carbocycles. The van der Waals surface area contributed by atoms with Gasteiger partial charge in [-0.3, -0.25) is 19.3 Å². The molecule has 2 atom stereocenters. The summed E-state index contributed by atoms with van der Waals surface area (Å²) in [6.07, 6.45) is 5.98. The number of nitrogens with two attached hydrogens (primary N) is 1. The van der Waals surface area contributed by atoms with Crippen LogP contribution in [0.3, 0.4) is 0 Å². The lowest BCUT2D eigenvalue weighted by Crippen LogP contribution is -2.51. The van der Waals surface area contributed by atoms with Crippen LogP contribution < -0.4 is 20.7 Å². The largest absolute Gasteiger partial charge is 0.495 e. The number of halogens is 2. The van der Waals surface area contributed by atoms with Crippen molar-refractivity contribution in [3.05, 3.63) is 99.0 Å². The van der Waals surface area contributed by atoms with E-state index in [2.05, 4.69) is 5.32 Å². The number of carbonyl (C=O) groups excluding carboxylic acids is 3. The van der Waals surface area contributed by atoms with Crippen LogP contribution in [-0.2, 0) is 10.3 Å². The molecule has 8 nitrogen and oxygen atoms in total. The second-order valence-electron chi connectivity index (χ2n) is 10.8. The van der Waals surface area contributed by atoms with Crippen LogP contribution in [0.2, 0.25) is 5.02 Å². The van der Waals surface area contributed by atoms with E-state index in [4.69, 9.17) is 33.7 Å². The fourth-order valence-corrected chi connectivity index (χ4v) is 6.68. The van der Waals surface area contributed by atoms with E-state index < -0.39 is 11.4 Å². The number of benzene rings is 2. The van der Waals surface area contributed by atoms with Gasteiger partial charge in [0.25, 0.3) is 11.8 Å². The van der Waals surface area contributed by atoms with Gasteiger partial charge in [-0.1, -0.05) is 37.6 Å². The molecule has 3 aliphatic rings. The number of hydrogen-bond acceptors (Lipinski definition) is 4. The molecule has 3 heterocycles. The van der Waals surface area contributed by atoms with Crippen LogP contribution in [0.1, 0.15) is 63.7 Å². The van der Waals surface area contributed by atoms with E-state index in [-0.39, 0.29) is 28.7 Å². The van der Waals surface area contributed by atoms with E-state index in [1.165, 1.54) is 7.11 Å². The van der Waals surface area contributed by atoms with Gasteiger partial charge < -0.3 is 20.4 Å². The molecular formula is C31H28Cl2N4O4. The van der Waals surface area contributed by atoms with E-state index in [1.807, 2.05) is 43.6 Å². The Morgan fingerprint density at radius 2 is 1.93 bits per heavy atom. The first-order valence-corrected chi connectivity index (χ1v) is 14.0. The maximum atomic E-state index is 14.6. The number of allylic oxidation sites excluding steroid dienone is 2. The first-order chi connectivity index (χ1) is 19.5. The summed E-state index contributed by atoms with van der Waals surface area (Å²) in [5.41, 5.74) is 9.17. The van der Waals surface area contributed by atoms with Gasteiger partial charge in [0.15, 0.2) is 5.54 Å². The lowest BCUT2D eigenvalue weighted by atomic mass is 9.79. The predicted molar refractivity (Wildman–Crippen MR) is 158 cm³/mol. The minimum absolute atomic E-state index is 0.156. The highest BCUT2D eigenvalue weighted by atomic mass is 35.5. The first-order valence-electron chi connectivity index (χ1n) is 13.2. The van der Waals surface area contributed by atoms with Gasteiger partial charge in [0, 0.05) is 39.3 Å². The lowest BCUT2D eigenvalue weighted by Gasteiger charge is -2.37. The zero-order valence-electron chi connectivity index (χ0n) is 22.9. The molecule has 41 heavy (non-hydrogen) atoms. The normalized spacial score (nSPS) is 21.1. The summed E-state index contributed by atoms with van der Waals surface area (Å²) < 4.78 is 7.49. The highest BCUT2D eigenvalue weighted by Gasteiger charge is 2.64. The third kappa shape index (κ3) is 3.77. The Morgan fingerprint density at radius 3 is 2.61 bits per heavy atom. The van der Waals surface area contributed by atoms with Gasteiger partial charge >= 0.3 is 0 Å². The summed E-state index contributed by atoms with van der Waals surface area (Å²) >= 11 is 12.9. The second kappa shape index (κ2) is 9.53. The number of methoxy groups -OCH3 is 1. The molecule has 3 N–H and O–H groups in total. The molecule has 1 spiro atoms. The van der Waals surface area contributed by atoms with Crippen molar-refractivity contribution < 1.29 is 19.1 Å². The molecule has 210 valence electrons. The Morgan fingerprint density at radius 1 is 1.17 bits per heavy atom. The van der Waals surface area contributed by atoms with Crippen LogP contribution in [0, 0.1) is 6.92 Å². The Hall–Kier alpha value is -4.01. The molecule has 3 amide bonds. The minimum atomic E-state index is -1.51. The second-order valence-corrected chi connectivity index (χ2v) is 11.8. The van der Waals surface area contributed by atoms with Gasteiger partial charge in [-0.15, -0.1) is 11.6 Å². The van der Waals surface area contributed by atoms with E-state index >= 15 is 0 Å². The number of aryl methyl sites for hydroxylation is 1. The SMILES string of the molecule is COc1ccc(C(N)=O)cc1-n1cc2c(c1C(C)C)C1(C(=O)NC3=CC(Cl)CC=C31)N(c1cc(Cl)ccc1C)C2=O. The van der Waals surface area contributed by atoms with Crippen molar-refractivity contribution in [1.29, 1.82) is 0 Å². The third-order valence-corrected chi connectivity index (χ3v) is 8.55. The molecular weight excluding hydrogens is 563 g/mol. The average Bonchev–Trinajstić information content (AvgIpc) is 3.53. The number of hydrogen-bond donors (Lipinski definition) is 2. The molecule has 0 bridgehead atoms. The smallest absolute Gasteiger partial charge is 0.261 e. The quantitative estimate of drug-likeness (QED) is 0.384.